The van der Waals surface area contributed by atoms with E-state index in [4.69, 9.17) is 18.9 Å². The number of benzene rings is 2. The van der Waals surface area contributed by atoms with Crippen molar-refractivity contribution in [1.29, 1.82) is 0 Å². The molecule has 0 spiro atoms. The lowest BCUT2D eigenvalue weighted by molar-refractivity contribution is -0.122. The van der Waals surface area contributed by atoms with Crippen LogP contribution < -0.4 is 40.3 Å². The summed E-state index contributed by atoms with van der Waals surface area (Å²) >= 11 is 0. The van der Waals surface area contributed by atoms with Crippen molar-refractivity contribution in [2.75, 3.05) is 33.8 Å². The highest BCUT2D eigenvalue weighted by Crippen LogP contribution is 2.50. The average molecular weight is 618 g/mol. The SMILES string of the molecule is COc1ccc(CNC(=O)C(CC(C)C)Nc2ccc3c(cc2=O)C(NC(C)=O)CCc2cc(OC)c(OC)c(OC)c2-3)cc1. The molecular weight excluding hydrogens is 574 g/mol. The van der Waals surface area contributed by atoms with Crippen molar-refractivity contribution in [3.63, 3.8) is 0 Å². The molecule has 2 atom stereocenters. The molecule has 3 aromatic rings. The number of nitrogens with one attached hydrogen (secondary N) is 3. The molecule has 0 radical (unpaired) electrons. The van der Waals surface area contributed by atoms with E-state index in [-0.39, 0.29) is 28.8 Å². The van der Waals surface area contributed by atoms with E-state index in [1.165, 1.54) is 6.92 Å². The lowest BCUT2D eigenvalue weighted by Crippen LogP contribution is -2.41. The average Bonchev–Trinajstić information content (AvgIpc) is 3.26. The first-order valence-corrected chi connectivity index (χ1v) is 15.0. The molecule has 1 aliphatic rings. The van der Waals surface area contributed by atoms with Gasteiger partial charge in [-0.1, -0.05) is 32.0 Å². The van der Waals surface area contributed by atoms with E-state index in [2.05, 4.69) is 16.0 Å². The second-order valence-electron chi connectivity index (χ2n) is 11.5. The van der Waals surface area contributed by atoms with Crippen LogP contribution in [0.2, 0.25) is 0 Å². The first-order valence-electron chi connectivity index (χ1n) is 15.0. The molecule has 1 aliphatic carbocycles. The Hall–Kier alpha value is -4.73. The van der Waals surface area contributed by atoms with Gasteiger partial charge in [0.05, 0.1) is 40.2 Å². The Morgan fingerprint density at radius 2 is 1.62 bits per heavy atom. The van der Waals surface area contributed by atoms with Gasteiger partial charge in [0.25, 0.3) is 0 Å². The Labute approximate surface area is 264 Å². The van der Waals surface area contributed by atoms with Gasteiger partial charge in [0.1, 0.15) is 11.8 Å². The lowest BCUT2D eigenvalue weighted by Gasteiger charge is -2.21. The third-order valence-electron chi connectivity index (χ3n) is 7.90. The summed E-state index contributed by atoms with van der Waals surface area (Å²) in [7, 11) is 6.27. The molecule has 0 saturated carbocycles. The number of anilines is 1. The number of methoxy groups -OCH3 is 4. The highest BCUT2D eigenvalue weighted by molar-refractivity contribution is 5.86. The van der Waals surface area contributed by atoms with E-state index in [1.807, 2.05) is 50.2 Å². The van der Waals surface area contributed by atoms with Crippen LogP contribution in [0, 0.1) is 5.92 Å². The predicted octanol–water partition coefficient (Wildman–Crippen LogP) is 5.01. The summed E-state index contributed by atoms with van der Waals surface area (Å²) in [4.78, 5) is 39.5. The summed E-state index contributed by atoms with van der Waals surface area (Å²) in [6, 6.07) is 13.4. The molecule has 240 valence electrons. The smallest absolute Gasteiger partial charge is 0.242 e. The molecule has 10 nitrogen and oxygen atoms in total. The Morgan fingerprint density at radius 1 is 0.911 bits per heavy atom. The minimum absolute atomic E-state index is 0.182. The number of rotatable bonds is 12. The fourth-order valence-corrected chi connectivity index (χ4v) is 5.77. The zero-order valence-electron chi connectivity index (χ0n) is 27.0. The van der Waals surface area contributed by atoms with Crippen molar-refractivity contribution in [2.24, 2.45) is 5.92 Å². The van der Waals surface area contributed by atoms with Crippen molar-refractivity contribution in [3.8, 4) is 34.1 Å². The summed E-state index contributed by atoms with van der Waals surface area (Å²) in [6.45, 7) is 5.85. The zero-order chi connectivity index (χ0) is 32.7. The summed E-state index contributed by atoms with van der Waals surface area (Å²) < 4.78 is 22.4. The molecule has 10 heteroatoms. The number of fused-ring (bicyclic) bond motifs is 3. The monoisotopic (exact) mass is 617 g/mol. The van der Waals surface area contributed by atoms with E-state index in [0.717, 1.165) is 22.4 Å². The largest absolute Gasteiger partial charge is 0.497 e. The van der Waals surface area contributed by atoms with Gasteiger partial charge in [0, 0.05) is 19.0 Å². The van der Waals surface area contributed by atoms with Crippen LogP contribution in [-0.4, -0.2) is 46.3 Å². The normalized spacial score (nSPS) is 14.3. The Kier molecular flexibility index (Phi) is 10.9. The van der Waals surface area contributed by atoms with Gasteiger partial charge in [-0.3, -0.25) is 14.4 Å². The van der Waals surface area contributed by atoms with Gasteiger partial charge in [-0.15, -0.1) is 0 Å². The number of carbonyl (C=O) groups excluding carboxylic acids is 2. The van der Waals surface area contributed by atoms with Crippen molar-refractivity contribution < 1.29 is 28.5 Å². The quantitative estimate of drug-likeness (QED) is 0.259. The Bertz CT molecular complexity index is 1590. The van der Waals surface area contributed by atoms with Gasteiger partial charge in [-0.05, 0) is 77.8 Å². The fourth-order valence-electron chi connectivity index (χ4n) is 5.77. The molecule has 0 aliphatic heterocycles. The molecule has 3 aromatic carbocycles. The van der Waals surface area contributed by atoms with Crippen molar-refractivity contribution in [2.45, 2.75) is 58.7 Å². The fraction of sp³-hybridized carbons (Fsp3) is 0.400. The topological polar surface area (TPSA) is 124 Å². The van der Waals surface area contributed by atoms with Crippen LogP contribution in [0.25, 0.3) is 11.1 Å². The van der Waals surface area contributed by atoms with Gasteiger partial charge in [0.2, 0.25) is 23.0 Å². The van der Waals surface area contributed by atoms with Crippen LogP contribution >= 0.6 is 0 Å². The van der Waals surface area contributed by atoms with Crippen LogP contribution in [0.1, 0.15) is 56.3 Å². The van der Waals surface area contributed by atoms with Crippen molar-refractivity contribution in [1.82, 2.24) is 10.6 Å². The number of aryl methyl sites for hydroxylation is 1. The number of carbonyl (C=O) groups is 2. The zero-order valence-corrected chi connectivity index (χ0v) is 27.0. The molecule has 2 unspecified atom stereocenters. The molecule has 0 saturated heterocycles. The number of hydrogen-bond acceptors (Lipinski definition) is 8. The van der Waals surface area contributed by atoms with Gasteiger partial charge in [0.15, 0.2) is 11.5 Å². The van der Waals surface area contributed by atoms with Crippen LogP contribution in [0.15, 0.2) is 53.3 Å². The van der Waals surface area contributed by atoms with Gasteiger partial charge >= 0.3 is 0 Å². The number of hydrogen-bond donors (Lipinski definition) is 3. The summed E-state index contributed by atoms with van der Waals surface area (Å²) in [5.41, 5.74) is 3.96. The van der Waals surface area contributed by atoms with Crippen LogP contribution in [-0.2, 0) is 22.6 Å². The predicted molar refractivity (Wildman–Crippen MR) is 174 cm³/mol. The third-order valence-corrected chi connectivity index (χ3v) is 7.90. The minimum Gasteiger partial charge on any atom is -0.497 e. The van der Waals surface area contributed by atoms with E-state index < -0.39 is 12.1 Å². The van der Waals surface area contributed by atoms with Crippen LogP contribution in [0.3, 0.4) is 0 Å². The standard InChI is InChI=1S/C35H43N3O7/c1-20(2)16-29(35(41)36-19-22-8-11-24(42-4)12-9-22)38-28-15-13-25-26(18-30(28)40)27(37-21(3)39)14-10-23-17-31(43-5)33(44-6)34(45-7)32(23)25/h8-9,11-13,15,17-18,20,27,29H,10,14,16,19H2,1-7H3,(H,36,41)(H,37,39)(H,38,40). The molecule has 0 bridgehead atoms. The first-order chi connectivity index (χ1) is 21.6. The maximum absolute atomic E-state index is 13.8. The second-order valence-corrected chi connectivity index (χ2v) is 11.5. The highest BCUT2D eigenvalue weighted by atomic mass is 16.5. The van der Waals surface area contributed by atoms with Crippen molar-refractivity contribution >= 4 is 17.5 Å². The molecular formula is C35H43N3O7. The summed E-state index contributed by atoms with van der Waals surface area (Å²) in [5.74, 6) is 1.93. The second kappa shape index (κ2) is 14.8. The minimum atomic E-state index is -0.657. The van der Waals surface area contributed by atoms with E-state index in [1.54, 1.807) is 40.6 Å². The molecule has 2 amide bonds. The molecule has 0 fully saturated rings. The number of ether oxygens (including phenoxy) is 4. The van der Waals surface area contributed by atoms with E-state index >= 15 is 0 Å². The molecule has 4 rings (SSSR count). The third kappa shape index (κ3) is 7.68. The van der Waals surface area contributed by atoms with Crippen molar-refractivity contribution in [3.05, 3.63) is 75.4 Å². The Morgan fingerprint density at radius 3 is 2.22 bits per heavy atom. The maximum atomic E-state index is 13.8. The van der Waals surface area contributed by atoms with Gasteiger partial charge in [-0.2, -0.15) is 0 Å². The molecule has 3 N–H and O–H groups in total. The number of amides is 2. The summed E-state index contributed by atoms with van der Waals surface area (Å²) in [6.07, 6.45) is 1.65. The molecule has 0 aromatic heterocycles. The Balaban J connectivity index is 1.77. The molecule has 45 heavy (non-hydrogen) atoms. The first kappa shape index (κ1) is 33.2. The molecule has 0 heterocycles. The van der Waals surface area contributed by atoms with Crippen LogP contribution in [0.4, 0.5) is 5.69 Å². The van der Waals surface area contributed by atoms with Crippen LogP contribution in [0.5, 0.6) is 23.0 Å². The van der Waals surface area contributed by atoms with E-state index in [0.29, 0.717) is 54.2 Å². The van der Waals surface area contributed by atoms with E-state index in [9.17, 15) is 14.4 Å². The lowest BCUT2D eigenvalue weighted by atomic mass is 9.95. The maximum Gasteiger partial charge on any atom is 0.242 e. The summed E-state index contributed by atoms with van der Waals surface area (Å²) in [5, 5.41) is 9.25. The highest BCUT2D eigenvalue weighted by Gasteiger charge is 2.30. The van der Waals surface area contributed by atoms with Gasteiger partial charge < -0.3 is 34.9 Å². The van der Waals surface area contributed by atoms with Gasteiger partial charge in [-0.25, -0.2) is 0 Å².